The van der Waals surface area contributed by atoms with Crippen LogP contribution in [-0.4, -0.2) is 51.9 Å². The lowest BCUT2D eigenvalue weighted by Crippen LogP contribution is -2.37. The van der Waals surface area contributed by atoms with Crippen LogP contribution >= 0.6 is 0 Å². The van der Waals surface area contributed by atoms with E-state index in [9.17, 15) is 14.7 Å². The highest BCUT2D eigenvalue weighted by Gasteiger charge is 2.56. The summed E-state index contributed by atoms with van der Waals surface area (Å²) in [6.45, 7) is 1.01. The molecule has 142 valence electrons. The average Bonchev–Trinajstić information content (AvgIpc) is 3.35. The van der Waals surface area contributed by atoms with Crippen LogP contribution in [0, 0.1) is 11.3 Å². The number of carboxylic acids is 1. The number of likely N-dealkylation sites (tertiary alicyclic amines) is 1. The molecule has 0 spiro atoms. The van der Waals surface area contributed by atoms with Crippen molar-refractivity contribution in [1.29, 1.82) is 0 Å². The van der Waals surface area contributed by atoms with Gasteiger partial charge in [0.2, 0.25) is 0 Å². The SMILES string of the molecule is COCc1c(C(=O)N2C[C@@H]3CCC[C@@]3(C(=O)O)C2)cnn1-c1ccccc1. The van der Waals surface area contributed by atoms with Crippen LogP contribution in [0.25, 0.3) is 5.69 Å². The molecule has 2 aliphatic rings. The lowest BCUT2D eigenvalue weighted by Gasteiger charge is -2.23. The number of fused-ring (bicyclic) bond motifs is 1. The summed E-state index contributed by atoms with van der Waals surface area (Å²) in [4.78, 5) is 26.8. The predicted molar refractivity (Wildman–Crippen MR) is 97.6 cm³/mol. The maximum atomic E-state index is 13.2. The van der Waals surface area contributed by atoms with Crippen molar-refractivity contribution in [1.82, 2.24) is 14.7 Å². The van der Waals surface area contributed by atoms with Gasteiger partial charge in [-0.1, -0.05) is 24.6 Å². The van der Waals surface area contributed by atoms with Gasteiger partial charge in [0, 0.05) is 20.2 Å². The molecular formula is C20H23N3O4. The molecular weight excluding hydrogens is 346 g/mol. The third-order valence-corrected chi connectivity index (χ3v) is 5.96. The standard InChI is InChI=1S/C20H23N3O4/c1-27-12-17-16(10-21-23(17)15-7-3-2-4-8-15)18(24)22-11-14-6-5-9-20(14,13-22)19(25)26/h2-4,7-8,10,14H,5-6,9,11-13H2,1H3,(H,25,26)/t14-,20+/m0/s1. The van der Waals surface area contributed by atoms with Crippen LogP contribution in [0.4, 0.5) is 0 Å². The summed E-state index contributed by atoms with van der Waals surface area (Å²) in [6.07, 6.45) is 3.99. The van der Waals surface area contributed by atoms with E-state index < -0.39 is 11.4 Å². The minimum absolute atomic E-state index is 0.0361. The number of aromatic nitrogens is 2. The van der Waals surface area contributed by atoms with Crippen molar-refractivity contribution >= 4 is 11.9 Å². The minimum atomic E-state index is -0.785. The number of amides is 1. The molecule has 1 saturated heterocycles. The van der Waals surface area contributed by atoms with Crippen LogP contribution in [0.3, 0.4) is 0 Å². The summed E-state index contributed by atoms with van der Waals surface area (Å²) < 4.78 is 7.02. The average molecular weight is 369 g/mol. The Balaban J connectivity index is 1.65. The highest BCUT2D eigenvalue weighted by Crippen LogP contribution is 2.49. The highest BCUT2D eigenvalue weighted by molar-refractivity contribution is 5.96. The normalized spacial score (nSPS) is 24.2. The number of para-hydroxylation sites is 1. The van der Waals surface area contributed by atoms with E-state index in [1.54, 1.807) is 22.9 Å². The molecule has 7 nitrogen and oxygen atoms in total. The first-order valence-electron chi connectivity index (χ1n) is 9.21. The molecule has 0 radical (unpaired) electrons. The third kappa shape index (κ3) is 2.82. The number of aliphatic carboxylic acids is 1. The smallest absolute Gasteiger partial charge is 0.311 e. The van der Waals surface area contributed by atoms with Crippen molar-refractivity contribution < 1.29 is 19.4 Å². The number of rotatable bonds is 5. The fourth-order valence-corrected chi connectivity index (χ4v) is 4.58. The first-order chi connectivity index (χ1) is 13.1. The number of carboxylic acid groups (broad SMARTS) is 1. The zero-order chi connectivity index (χ0) is 19.0. The summed E-state index contributed by atoms with van der Waals surface area (Å²) in [7, 11) is 1.58. The first-order valence-corrected chi connectivity index (χ1v) is 9.21. The number of hydrogen-bond acceptors (Lipinski definition) is 4. The van der Waals surface area contributed by atoms with Gasteiger partial charge in [-0.2, -0.15) is 5.10 Å². The van der Waals surface area contributed by atoms with Crippen LogP contribution < -0.4 is 0 Å². The molecule has 1 N–H and O–H groups in total. The third-order valence-electron chi connectivity index (χ3n) is 5.96. The Hall–Kier alpha value is -2.67. The van der Waals surface area contributed by atoms with Crippen LogP contribution in [0.15, 0.2) is 36.5 Å². The van der Waals surface area contributed by atoms with E-state index in [1.807, 2.05) is 30.3 Å². The van der Waals surface area contributed by atoms with Gasteiger partial charge in [0.05, 0.1) is 35.2 Å². The number of carbonyl (C=O) groups is 2. The largest absolute Gasteiger partial charge is 0.481 e. The van der Waals surface area contributed by atoms with Gasteiger partial charge in [-0.15, -0.1) is 0 Å². The van der Waals surface area contributed by atoms with Gasteiger partial charge in [0.25, 0.3) is 5.91 Å². The molecule has 0 bridgehead atoms. The lowest BCUT2D eigenvalue weighted by atomic mass is 9.81. The van der Waals surface area contributed by atoms with Crippen molar-refractivity contribution in [2.24, 2.45) is 11.3 Å². The lowest BCUT2D eigenvalue weighted by molar-refractivity contribution is -0.149. The predicted octanol–water partition coefficient (Wildman–Crippen LogP) is 2.35. The number of ether oxygens (including phenoxy) is 1. The maximum Gasteiger partial charge on any atom is 0.311 e. The Morgan fingerprint density at radius 1 is 1.33 bits per heavy atom. The molecule has 4 rings (SSSR count). The highest BCUT2D eigenvalue weighted by atomic mass is 16.5. The molecule has 2 fully saturated rings. The summed E-state index contributed by atoms with van der Waals surface area (Å²) in [5.41, 5.74) is 1.22. The Morgan fingerprint density at radius 3 is 2.78 bits per heavy atom. The van der Waals surface area contributed by atoms with Crippen molar-refractivity contribution in [2.75, 3.05) is 20.2 Å². The van der Waals surface area contributed by atoms with Crippen molar-refractivity contribution in [3.05, 3.63) is 47.8 Å². The molecule has 2 heterocycles. The van der Waals surface area contributed by atoms with Crippen molar-refractivity contribution in [3.8, 4) is 5.69 Å². The van der Waals surface area contributed by atoms with E-state index in [0.29, 0.717) is 24.2 Å². The van der Waals surface area contributed by atoms with Crippen molar-refractivity contribution in [2.45, 2.75) is 25.9 Å². The molecule has 1 aromatic heterocycles. The summed E-state index contributed by atoms with van der Waals surface area (Å²) in [5, 5.41) is 14.2. The number of nitrogens with zero attached hydrogens (tertiary/aromatic N) is 3. The fourth-order valence-electron chi connectivity index (χ4n) is 4.58. The fraction of sp³-hybridized carbons (Fsp3) is 0.450. The first kappa shape index (κ1) is 17.7. The molecule has 1 aliphatic heterocycles. The van der Waals surface area contributed by atoms with Gasteiger partial charge in [-0.05, 0) is 30.9 Å². The Labute approximate surface area is 157 Å². The molecule has 2 aromatic rings. The van der Waals surface area contributed by atoms with Gasteiger partial charge < -0.3 is 14.7 Å². The Morgan fingerprint density at radius 2 is 2.11 bits per heavy atom. The van der Waals surface area contributed by atoms with E-state index in [0.717, 1.165) is 18.5 Å². The zero-order valence-electron chi connectivity index (χ0n) is 15.3. The van der Waals surface area contributed by atoms with Gasteiger partial charge in [0.1, 0.15) is 0 Å². The molecule has 27 heavy (non-hydrogen) atoms. The van der Waals surface area contributed by atoms with E-state index in [1.165, 1.54) is 0 Å². The Kier molecular flexibility index (Phi) is 4.47. The van der Waals surface area contributed by atoms with Gasteiger partial charge >= 0.3 is 5.97 Å². The maximum absolute atomic E-state index is 13.2. The zero-order valence-corrected chi connectivity index (χ0v) is 15.3. The summed E-state index contributed by atoms with van der Waals surface area (Å²) >= 11 is 0. The number of benzene rings is 1. The minimum Gasteiger partial charge on any atom is -0.481 e. The summed E-state index contributed by atoms with van der Waals surface area (Å²) in [5.74, 6) is -0.911. The van der Waals surface area contributed by atoms with Crippen LogP contribution in [-0.2, 0) is 16.1 Å². The summed E-state index contributed by atoms with van der Waals surface area (Å²) in [6, 6.07) is 9.57. The molecule has 0 unspecified atom stereocenters. The number of carbonyl (C=O) groups excluding carboxylic acids is 1. The van der Waals surface area contributed by atoms with Crippen LogP contribution in [0.5, 0.6) is 0 Å². The van der Waals surface area contributed by atoms with Gasteiger partial charge in [-0.25, -0.2) is 4.68 Å². The molecule has 1 saturated carbocycles. The second kappa shape index (κ2) is 6.81. The molecule has 1 amide bonds. The van der Waals surface area contributed by atoms with Crippen LogP contribution in [0.1, 0.15) is 35.3 Å². The molecule has 2 atom stereocenters. The molecule has 1 aromatic carbocycles. The molecule has 1 aliphatic carbocycles. The molecule has 7 heteroatoms. The van der Waals surface area contributed by atoms with E-state index in [2.05, 4.69) is 5.10 Å². The van der Waals surface area contributed by atoms with Crippen LogP contribution in [0.2, 0.25) is 0 Å². The Bertz CT molecular complexity index is 863. The second-order valence-corrected chi connectivity index (χ2v) is 7.42. The quantitative estimate of drug-likeness (QED) is 0.874. The number of hydrogen-bond donors (Lipinski definition) is 1. The second-order valence-electron chi connectivity index (χ2n) is 7.42. The van der Waals surface area contributed by atoms with E-state index in [-0.39, 0.29) is 25.0 Å². The monoisotopic (exact) mass is 369 g/mol. The van der Waals surface area contributed by atoms with Gasteiger partial charge in [0.15, 0.2) is 0 Å². The van der Waals surface area contributed by atoms with E-state index >= 15 is 0 Å². The van der Waals surface area contributed by atoms with Crippen molar-refractivity contribution in [3.63, 3.8) is 0 Å². The number of methoxy groups -OCH3 is 1. The van der Waals surface area contributed by atoms with E-state index in [4.69, 9.17) is 4.74 Å². The topological polar surface area (TPSA) is 84.7 Å². The van der Waals surface area contributed by atoms with Gasteiger partial charge in [-0.3, -0.25) is 9.59 Å².